The van der Waals surface area contributed by atoms with Crippen LogP contribution in [0.4, 0.5) is 0 Å². The van der Waals surface area contributed by atoms with Crippen molar-refractivity contribution in [1.29, 1.82) is 0 Å². The number of methoxy groups -OCH3 is 1. The van der Waals surface area contributed by atoms with Crippen molar-refractivity contribution in [2.75, 3.05) is 7.11 Å². The third-order valence-electron chi connectivity index (χ3n) is 3.87. The number of piperidine rings is 1. The van der Waals surface area contributed by atoms with Gasteiger partial charge in [-0.3, -0.25) is 10.1 Å². The van der Waals surface area contributed by atoms with Crippen LogP contribution in [-0.4, -0.2) is 35.8 Å². The smallest absolute Gasteiger partial charge is 0.306 e. The summed E-state index contributed by atoms with van der Waals surface area (Å²) in [4.78, 5) is 11.2. The van der Waals surface area contributed by atoms with Gasteiger partial charge >= 0.3 is 5.97 Å². The number of aliphatic carboxylic acids is 1. The number of alkyl halides is 1. The molecule has 4 nitrogen and oxygen atoms in total. The van der Waals surface area contributed by atoms with Crippen molar-refractivity contribution in [3.63, 3.8) is 0 Å². The van der Waals surface area contributed by atoms with E-state index in [9.17, 15) is 9.90 Å². The molecule has 1 aliphatic carbocycles. The topological polar surface area (TPSA) is 58.6 Å². The molecular formula is C11H18ClNO3. The Bertz CT molecular complexity index is 274. The van der Waals surface area contributed by atoms with E-state index >= 15 is 0 Å². The van der Waals surface area contributed by atoms with Crippen LogP contribution in [0, 0.1) is 11.8 Å². The van der Waals surface area contributed by atoms with Crippen molar-refractivity contribution in [1.82, 2.24) is 5.32 Å². The summed E-state index contributed by atoms with van der Waals surface area (Å²) in [5.74, 6) is -0.892. The molecule has 0 aromatic heterocycles. The second kappa shape index (κ2) is 4.90. The van der Waals surface area contributed by atoms with Crippen LogP contribution in [-0.2, 0) is 9.53 Å². The van der Waals surface area contributed by atoms with E-state index in [1.807, 2.05) is 0 Å². The minimum atomic E-state index is -0.723. The summed E-state index contributed by atoms with van der Waals surface area (Å²) in [7, 11) is 1.70. The van der Waals surface area contributed by atoms with Crippen LogP contribution in [0.1, 0.15) is 25.7 Å². The van der Waals surface area contributed by atoms with E-state index in [0.717, 1.165) is 19.3 Å². The number of ether oxygens (including phenoxy) is 1. The summed E-state index contributed by atoms with van der Waals surface area (Å²) >= 11 is 6.04. The molecular weight excluding hydrogens is 230 g/mol. The standard InChI is InChI=1S/C11H18ClNO3/c1-16-6-2-3-9-7(4-6)8(11(14)15)5-10(12)13-9/h6-10,13H,2-5H2,1H3,(H,14,15)/t6-,7-,8+,9-,10+/m0/s1. The van der Waals surface area contributed by atoms with E-state index in [0.29, 0.717) is 6.42 Å². The van der Waals surface area contributed by atoms with Gasteiger partial charge in [0.25, 0.3) is 0 Å². The highest BCUT2D eigenvalue weighted by Gasteiger charge is 2.43. The van der Waals surface area contributed by atoms with Gasteiger partial charge in [-0.25, -0.2) is 0 Å². The molecule has 2 rings (SSSR count). The van der Waals surface area contributed by atoms with Gasteiger partial charge in [-0.1, -0.05) is 0 Å². The summed E-state index contributed by atoms with van der Waals surface area (Å²) in [6.07, 6.45) is 3.48. The maximum atomic E-state index is 11.2. The number of nitrogens with one attached hydrogen (secondary N) is 1. The minimum Gasteiger partial charge on any atom is -0.481 e. The van der Waals surface area contributed by atoms with Crippen molar-refractivity contribution in [3.05, 3.63) is 0 Å². The molecule has 0 radical (unpaired) electrons. The molecule has 1 aliphatic heterocycles. The summed E-state index contributed by atoms with van der Waals surface area (Å²) in [6.45, 7) is 0. The summed E-state index contributed by atoms with van der Waals surface area (Å²) in [5, 5.41) is 12.5. The van der Waals surface area contributed by atoms with Crippen LogP contribution < -0.4 is 5.32 Å². The van der Waals surface area contributed by atoms with Crippen LogP contribution in [0.15, 0.2) is 0 Å². The zero-order valence-electron chi connectivity index (χ0n) is 9.36. The molecule has 2 N–H and O–H groups in total. The van der Waals surface area contributed by atoms with Crippen LogP contribution in [0.2, 0.25) is 0 Å². The maximum absolute atomic E-state index is 11.2. The highest BCUT2D eigenvalue weighted by molar-refractivity contribution is 6.20. The Hall–Kier alpha value is -0.320. The number of carboxylic acid groups (broad SMARTS) is 1. The molecule has 1 saturated carbocycles. The summed E-state index contributed by atoms with van der Waals surface area (Å²) in [6, 6.07) is 0.240. The van der Waals surface area contributed by atoms with Gasteiger partial charge < -0.3 is 9.84 Å². The molecule has 0 spiro atoms. The fourth-order valence-corrected chi connectivity index (χ4v) is 3.37. The SMILES string of the molecule is CO[C@H]1CC[C@@H]2N[C@@H](Cl)C[C@@H](C(=O)O)[C@@H]2C1. The lowest BCUT2D eigenvalue weighted by Crippen LogP contribution is -2.54. The van der Waals surface area contributed by atoms with Gasteiger partial charge in [-0.2, -0.15) is 0 Å². The third kappa shape index (κ3) is 2.34. The molecule has 1 saturated heterocycles. The van der Waals surface area contributed by atoms with Crippen molar-refractivity contribution >= 4 is 17.6 Å². The molecule has 5 heteroatoms. The van der Waals surface area contributed by atoms with Crippen molar-refractivity contribution in [2.24, 2.45) is 11.8 Å². The molecule has 2 aliphatic rings. The van der Waals surface area contributed by atoms with E-state index in [1.165, 1.54) is 0 Å². The highest BCUT2D eigenvalue weighted by atomic mass is 35.5. The van der Waals surface area contributed by atoms with E-state index in [4.69, 9.17) is 16.3 Å². The Morgan fingerprint density at radius 1 is 1.44 bits per heavy atom. The number of carbonyl (C=O) groups is 1. The van der Waals surface area contributed by atoms with Gasteiger partial charge in [-0.15, -0.1) is 11.6 Å². The second-order valence-electron chi connectivity index (χ2n) is 4.76. The molecule has 0 unspecified atom stereocenters. The van der Waals surface area contributed by atoms with Gasteiger partial charge in [0.05, 0.1) is 17.5 Å². The fraction of sp³-hybridized carbons (Fsp3) is 0.909. The predicted molar refractivity (Wildman–Crippen MR) is 60.4 cm³/mol. The molecule has 0 amide bonds. The molecule has 92 valence electrons. The first-order chi connectivity index (χ1) is 7.61. The van der Waals surface area contributed by atoms with Crippen LogP contribution in [0.5, 0.6) is 0 Å². The lowest BCUT2D eigenvalue weighted by molar-refractivity contribution is -0.147. The molecule has 0 aromatic rings. The molecule has 1 heterocycles. The predicted octanol–water partition coefficient (Wildman–Crippen LogP) is 1.43. The van der Waals surface area contributed by atoms with Crippen molar-refractivity contribution in [3.8, 4) is 0 Å². The zero-order valence-corrected chi connectivity index (χ0v) is 10.1. The quantitative estimate of drug-likeness (QED) is 0.573. The Morgan fingerprint density at radius 2 is 2.19 bits per heavy atom. The normalized spacial score (nSPS) is 43.8. The average molecular weight is 248 g/mol. The van der Waals surface area contributed by atoms with E-state index in [-0.39, 0.29) is 29.5 Å². The van der Waals surface area contributed by atoms with Gasteiger partial charge in [0.15, 0.2) is 0 Å². The molecule has 16 heavy (non-hydrogen) atoms. The Kier molecular flexibility index (Phi) is 3.72. The Labute approximate surface area is 100 Å². The second-order valence-corrected chi connectivity index (χ2v) is 5.28. The lowest BCUT2D eigenvalue weighted by atomic mass is 9.72. The molecule has 0 bridgehead atoms. The zero-order chi connectivity index (χ0) is 11.7. The number of halogens is 1. The molecule has 0 aromatic carbocycles. The Morgan fingerprint density at radius 3 is 2.81 bits per heavy atom. The largest absolute Gasteiger partial charge is 0.481 e. The van der Waals surface area contributed by atoms with Crippen LogP contribution >= 0.6 is 11.6 Å². The van der Waals surface area contributed by atoms with Crippen molar-refractivity contribution < 1.29 is 14.6 Å². The molecule has 5 atom stereocenters. The van der Waals surface area contributed by atoms with Gasteiger partial charge in [0, 0.05) is 13.2 Å². The van der Waals surface area contributed by atoms with Gasteiger partial charge in [-0.05, 0) is 31.6 Å². The monoisotopic (exact) mass is 247 g/mol. The lowest BCUT2D eigenvalue weighted by Gasteiger charge is -2.44. The van der Waals surface area contributed by atoms with E-state index in [2.05, 4.69) is 5.32 Å². The van der Waals surface area contributed by atoms with Gasteiger partial charge in [0.2, 0.25) is 0 Å². The highest BCUT2D eigenvalue weighted by Crippen LogP contribution is 2.38. The van der Waals surface area contributed by atoms with Crippen LogP contribution in [0.25, 0.3) is 0 Å². The first-order valence-electron chi connectivity index (χ1n) is 5.77. The third-order valence-corrected chi connectivity index (χ3v) is 4.18. The number of carboxylic acids is 1. The first kappa shape index (κ1) is 12.1. The fourth-order valence-electron chi connectivity index (χ4n) is 3.01. The number of hydrogen-bond acceptors (Lipinski definition) is 3. The summed E-state index contributed by atoms with van der Waals surface area (Å²) < 4.78 is 5.34. The molecule has 2 fully saturated rings. The summed E-state index contributed by atoms with van der Waals surface area (Å²) in [5.41, 5.74) is -0.207. The van der Waals surface area contributed by atoms with Gasteiger partial charge in [0.1, 0.15) is 0 Å². The number of fused-ring (bicyclic) bond motifs is 1. The first-order valence-corrected chi connectivity index (χ1v) is 6.21. The number of hydrogen-bond donors (Lipinski definition) is 2. The average Bonchev–Trinajstić information content (AvgIpc) is 2.27. The van der Waals surface area contributed by atoms with E-state index < -0.39 is 5.97 Å². The number of rotatable bonds is 2. The van der Waals surface area contributed by atoms with Crippen LogP contribution in [0.3, 0.4) is 0 Å². The Balaban J connectivity index is 2.10. The minimum absolute atomic E-state index is 0.159. The van der Waals surface area contributed by atoms with E-state index in [1.54, 1.807) is 7.11 Å². The van der Waals surface area contributed by atoms with Crippen molar-refractivity contribution in [2.45, 2.75) is 43.3 Å². The maximum Gasteiger partial charge on any atom is 0.306 e.